The van der Waals surface area contributed by atoms with Gasteiger partial charge in [0.2, 0.25) is 5.88 Å². The quantitative estimate of drug-likeness (QED) is 0.804. The van der Waals surface area contributed by atoms with Crippen LogP contribution in [-0.2, 0) is 6.18 Å². The van der Waals surface area contributed by atoms with Gasteiger partial charge in [0.05, 0.1) is 5.56 Å². The van der Waals surface area contributed by atoms with Crippen LogP contribution in [0.5, 0.6) is 11.6 Å². The van der Waals surface area contributed by atoms with E-state index < -0.39 is 11.7 Å². The smallest absolute Gasteiger partial charge is 0.416 e. The number of benzene rings is 1. The van der Waals surface area contributed by atoms with Gasteiger partial charge < -0.3 is 4.74 Å². The number of rotatable bonds is 2. The number of alkyl halides is 3. The zero-order valence-corrected chi connectivity index (χ0v) is 10.5. The monoisotopic (exact) mass is 317 g/mol. The van der Waals surface area contributed by atoms with Gasteiger partial charge in [-0.15, -0.1) is 0 Å². The van der Waals surface area contributed by atoms with Gasteiger partial charge in [0.15, 0.2) is 0 Å². The van der Waals surface area contributed by atoms with Crippen molar-refractivity contribution in [3.63, 3.8) is 0 Å². The molecule has 2 aromatic rings. The van der Waals surface area contributed by atoms with Crippen LogP contribution in [0.3, 0.4) is 0 Å². The number of hydrogen-bond acceptors (Lipinski definition) is 2. The second-order valence-corrected chi connectivity index (χ2v) is 4.36. The lowest BCUT2D eigenvalue weighted by Gasteiger charge is -2.09. The highest BCUT2D eigenvalue weighted by molar-refractivity contribution is 9.10. The first kappa shape index (κ1) is 12.9. The number of halogens is 4. The molecule has 1 aromatic heterocycles. The molecule has 1 heterocycles. The lowest BCUT2D eigenvalue weighted by atomic mass is 10.2. The van der Waals surface area contributed by atoms with Crippen molar-refractivity contribution in [1.29, 1.82) is 0 Å². The standard InChI is InChI=1S/C12H7BrF3NO/c13-9-4-5-11(17-7-9)18-10-3-1-2-8(6-10)12(14,15)16/h1-7H. The Morgan fingerprint density at radius 2 is 1.89 bits per heavy atom. The van der Waals surface area contributed by atoms with Crippen molar-refractivity contribution < 1.29 is 17.9 Å². The first-order chi connectivity index (χ1) is 8.45. The number of hydrogen-bond donors (Lipinski definition) is 0. The summed E-state index contributed by atoms with van der Waals surface area (Å²) in [5, 5.41) is 0. The Balaban J connectivity index is 2.22. The largest absolute Gasteiger partial charge is 0.439 e. The van der Waals surface area contributed by atoms with Gasteiger partial charge in [0.25, 0.3) is 0 Å². The molecule has 0 radical (unpaired) electrons. The number of nitrogens with zero attached hydrogens (tertiary/aromatic N) is 1. The van der Waals surface area contributed by atoms with Crippen molar-refractivity contribution in [2.75, 3.05) is 0 Å². The van der Waals surface area contributed by atoms with E-state index in [1.807, 2.05) is 0 Å². The summed E-state index contributed by atoms with van der Waals surface area (Å²) in [6, 6.07) is 7.90. The summed E-state index contributed by atoms with van der Waals surface area (Å²) in [6.07, 6.45) is -2.88. The Labute approximate surface area is 110 Å². The lowest BCUT2D eigenvalue weighted by molar-refractivity contribution is -0.137. The maximum atomic E-state index is 12.5. The maximum absolute atomic E-state index is 12.5. The van der Waals surface area contributed by atoms with Crippen LogP contribution in [0.4, 0.5) is 13.2 Å². The summed E-state index contributed by atoms with van der Waals surface area (Å²) in [5.41, 5.74) is -0.753. The van der Waals surface area contributed by atoms with E-state index in [-0.39, 0.29) is 11.6 Å². The Morgan fingerprint density at radius 3 is 2.50 bits per heavy atom. The molecule has 0 saturated carbocycles. The van der Waals surface area contributed by atoms with E-state index in [2.05, 4.69) is 20.9 Å². The summed E-state index contributed by atoms with van der Waals surface area (Å²) in [6.45, 7) is 0. The normalized spacial score (nSPS) is 11.3. The molecule has 18 heavy (non-hydrogen) atoms. The third-order valence-corrected chi connectivity index (χ3v) is 2.55. The third kappa shape index (κ3) is 3.22. The first-order valence-corrected chi connectivity index (χ1v) is 5.71. The highest BCUT2D eigenvalue weighted by atomic mass is 79.9. The minimum Gasteiger partial charge on any atom is -0.439 e. The topological polar surface area (TPSA) is 22.1 Å². The number of ether oxygens (including phenoxy) is 1. The van der Waals surface area contributed by atoms with Crippen LogP contribution in [-0.4, -0.2) is 4.98 Å². The average molecular weight is 318 g/mol. The van der Waals surface area contributed by atoms with Gasteiger partial charge in [-0.05, 0) is 40.2 Å². The zero-order valence-electron chi connectivity index (χ0n) is 8.91. The number of aromatic nitrogens is 1. The Morgan fingerprint density at radius 1 is 1.11 bits per heavy atom. The van der Waals surface area contributed by atoms with Gasteiger partial charge in [-0.3, -0.25) is 0 Å². The fourth-order valence-corrected chi connectivity index (χ4v) is 1.51. The molecule has 0 unspecified atom stereocenters. The Hall–Kier alpha value is -1.56. The van der Waals surface area contributed by atoms with Crippen molar-refractivity contribution in [2.45, 2.75) is 6.18 Å². The molecule has 6 heteroatoms. The molecule has 0 aliphatic carbocycles. The van der Waals surface area contributed by atoms with Crippen LogP contribution in [0.2, 0.25) is 0 Å². The first-order valence-electron chi connectivity index (χ1n) is 4.92. The molecule has 0 aliphatic rings. The SMILES string of the molecule is FC(F)(F)c1cccc(Oc2ccc(Br)cn2)c1. The fraction of sp³-hybridized carbons (Fsp3) is 0.0833. The van der Waals surface area contributed by atoms with Crippen molar-refractivity contribution >= 4 is 15.9 Å². The lowest BCUT2D eigenvalue weighted by Crippen LogP contribution is -2.04. The van der Waals surface area contributed by atoms with Crippen LogP contribution in [0, 0.1) is 0 Å². The molecule has 94 valence electrons. The minimum atomic E-state index is -4.38. The van der Waals surface area contributed by atoms with Crippen molar-refractivity contribution in [2.24, 2.45) is 0 Å². The molecule has 2 nitrogen and oxygen atoms in total. The molecule has 0 spiro atoms. The summed E-state index contributed by atoms with van der Waals surface area (Å²) >= 11 is 3.20. The number of pyridine rings is 1. The summed E-state index contributed by atoms with van der Waals surface area (Å²) < 4.78 is 43.4. The molecule has 2 rings (SSSR count). The van der Waals surface area contributed by atoms with Gasteiger partial charge in [-0.1, -0.05) is 6.07 Å². The molecule has 0 N–H and O–H groups in total. The van der Waals surface area contributed by atoms with Gasteiger partial charge in [0.1, 0.15) is 5.75 Å². The Kier molecular flexibility index (Phi) is 3.56. The molecule has 0 atom stereocenters. The molecular formula is C12H7BrF3NO. The molecule has 0 amide bonds. The van der Waals surface area contributed by atoms with Gasteiger partial charge >= 0.3 is 6.18 Å². The van der Waals surface area contributed by atoms with Crippen LogP contribution in [0.15, 0.2) is 47.1 Å². The molecule has 0 aliphatic heterocycles. The predicted octanol–water partition coefficient (Wildman–Crippen LogP) is 4.66. The molecule has 1 aromatic carbocycles. The highest BCUT2D eigenvalue weighted by Crippen LogP contribution is 2.32. The van der Waals surface area contributed by atoms with E-state index in [0.29, 0.717) is 0 Å². The molecule has 0 fully saturated rings. The van der Waals surface area contributed by atoms with Gasteiger partial charge in [0, 0.05) is 16.7 Å². The van der Waals surface area contributed by atoms with E-state index in [4.69, 9.17) is 4.74 Å². The van der Waals surface area contributed by atoms with Crippen LogP contribution in [0.25, 0.3) is 0 Å². The minimum absolute atomic E-state index is 0.0969. The van der Waals surface area contributed by atoms with E-state index in [9.17, 15) is 13.2 Å². The van der Waals surface area contributed by atoms with Crippen molar-refractivity contribution in [3.05, 3.63) is 52.6 Å². The molecular weight excluding hydrogens is 311 g/mol. The van der Waals surface area contributed by atoms with Crippen LogP contribution < -0.4 is 4.74 Å². The second-order valence-electron chi connectivity index (χ2n) is 3.44. The van der Waals surface area contributed by atoms with Crippen molar-refractivity contribution in [3.8, 4) is 11.6 Å². The van der Waals surface area contributed by atoms with E-state index in [1.54, 1.807) is 12.1 Å². The van der Waals surface area contributed by atoms with Crippen LogP contribution >= 0.6 is 15.9 Å². The second kappa shape index (κ2) is 4.97. The fourth-order valence-electron chi connectivity index (χ4n) is 1.28. The summed E-state index contributed by atoms with van der Waals surface area (Å²) in [4.78, 5) is 3.92. The molecule has 0 bridgehead atoms. The predicted molar refractivity (Wildman–Crippen MR) is 63.5 cm³/mol. The zero-order chi connectivity index (χ0) is 13.2. The molecule has 0 saturated heterocycles. The van der Waals surface area contributed by atoms with Crippen LogP contribution in [0.1, 0.15) is 5.56 Å². The van der Waals surface area contributed by atoms with Crippen molar-refractivity contribution in [1.82, 2.24) is 4.98 Å². The Bertz CT molecular complexity index is 540. The third-order valence-electron chi connectivity index (χ3n) is 2.08. The van der Waals surface area contributed by atoms with E-state index in [0.717, 1.165) is 16.6 Å². The van der Waals surface area contributed by atoms with Gasteiger partial charge in [-0.2, -0.15) is 13.2 Å². The summed E-state index contributed by atoms with van der Waals surface area (Å²) in [7, 11) is 0. The van der Waals surface area contributed by atoms with Gasteiger partial charge in [-0.25, -0.2) is 4.98 Å². The highest BCUT2D eigenvalue weighted by Gasteiger charge is 2.30. The maximum Gasteiger partial charge on any atom is 0.416 e. The van der Waals surface area contributed by atoms with E-state index in [1.165, 1.54) is 18.3 Å². The van der Waals surface area contributed by atoms with E-state index >= 15 is 0 Å². The average Bonchev–Trinajstić information content (AvgIpc) is 2.31. The summed E-state index contributed by atoms with van der Waals surface area (Å²) in [5.74, 6) is 0.331.